The quantitative estimate of drug-likeness (QED) is 0.409. The van der Waals surface area contributed by atoms with E-state index in [1.165, 1.54) is 0 Å². The molecule has 43 valence electrons. The highest BCUT2D eigenvalue weighted by Crippen LogP contribution is 2.10. The molecular formula is C2H6Cl3Si2. The first-order chi connectivity index (χ1) is 3.00. The predicted octanol–water partition coefficient (Wildman–Crippen LogP) is 2.47. The van der Waals surface area contributed by atoms with Gasteiger partial charge < -0.3 is 0 Å². The Bertz CT molecular complexity index is 26.4. The minimum absolute atomic E-state index is 1.67. The summed E-state index contributed by atoms with van der Waals surface area (Å²) in [4.78, 5) is 0. The maximum atomic E-state index is 5.43. The number of halogens is 3. The van der Waals surface area contributed by atoms with Gasteiger partial charge >= 0.3 is 0 Å². The first-order valence-electron chi connectivity index (χ1n) is 1.57. The Labute approximate surface area is 62.7 Å². The van der Waals surface area contributed by atoms with E-state index in [0.29, 0.717) is 0 Å². The van der Waals surface area contributed by atoms with E-state index in [1.54, 1.807) is 0 Å². The third-order valence-corrected chi connectivity index (χ3v) is 0. The van der Waals surface area contributed by atoms with Crippen LogP contribution >= 0.6 is 33.2 Å². The fourth-order valence-electron chi connectivity index (χ4n) is 0. The Kier molecular flexibility index (Phi) is 8.66. The predicted molar refractivity (Wildman–Crippen MR) is 40.8 cm³/mol. The fraction of sp³-hybridized carbons (Fsp3) is 1.00. The molecule has 0 N–H and O–H groups in total. The van der Waals surface area contributed by atoms with Crippen molar-refractivity contribution in [1.82, 2.24) is 0 Å². The van der Waals surface area contributed by atoms with Crippen molar-refractivity contribution in [3.8, 4) is 0 Å². The van der Waals surface area contributed by atoms with Crippen LogP contribution in [0, 0.1) is 0 Å². The summed E-state index contributed by atoms with van der Waals surface area (Å²) in [5, 5.41) is 0. The fourth-order valence-corrected chi connectivity index (χ4v) is 0. The second-order valence-electron chi connectivity index (χ2n) is 1.33. The van der Waals surface area contributed by atoms with Crippen LogP contribution in [0.5, 0.6) is 0 Å². The maximum Gasteiger partial charge on any atom is 0.245 e. The van der Waals surface area contributed by atoms with Crippen molar-refractivity contribution in [2.75, 3.05) is 0 Å². The molecule has 0 saturated carbocycles. The van der Waals surface area contributed by atoms with Crippen molar-refractivity contribution in [3.63, 3.8) is 0 Å². The molecule has 7 heavy (non-hydrogen) atoms. The molecule has 0 aliphatic carbocycles. The Hall–Kier alpha value is 1.30. The molecule has 0 aromatic carbocycles. The number of hydrogen-bond acceptors (Lipinski definition) is 0. The molecule has 3 radical (unpaired) electrons. The van der Waals surface area contributed by atoms with Gasteiger partial charge in [-0.15, -0.1) is 22.2 Å². The minimum Gasteiger partial charge on any atom is -0.174 e. The molecule has 0 rings (SSSR count). The lowest BCUT2D eigenvalue weighted by Crippen LogP contribution is -2.02. The van der Waals surface area contributed by atoms with Gasteiger partial charge in [-0.3, -0.25) is 0 Å². The van der Waals surface area contributed by atoms with E-state index < -0.39 is 6.69 Å². The maximum absolute atomic E-state index is 5.43. The lowest BCUT2D eigenvalue weighted by atomic mass is 11.9. The van der Waals surface area contributed by atoms with E-state index in [0.717, 1.165) is 0 Å². The van der Waals surface area contributed by atoms with E-state index in [-0.39, 0.29) is 0 Å². The Morgan fingerprint density at radius 2 is 1.14 bits per heavy atom. The van der Waals surface area contributed by atoms with E-state index in [2.05, 4.69) is 20.6 Å². The van der Waals surface area contributed by atoms with Gasteiger partial charge in [-0.05, 0) is 13.1 Å². The summed E-state index contributed by atoms with van der Waals surface area (Å²) >= 11 is 15.3. The van der Waals surface area contributed by atoms with Crippen LogP contribution < -0.4 is 0 Å². The standard InChI is InChI=1S/C2H6Cl2Si.ClSi/c1-5(2,3)4;1-2/h1-2H3;. The van der Waals surface area contributed by atoms with E-state index in [9.17, 15) is 0 Å². The molecule has 0 atom stereocenters. The molecular weight excluding hydrogens is 187 g/mol. The van der Waals surface area contributed by atoms with Gasteiger partial charge in [0.25, 0.3) is 0 Å². The lowest BCUT2D eigenvalue weighted by Gasteiger charge is -1.93. The van der Waals surface area contributed by atoms with E-state index in [4.69, 9.17) is 22.2 Å². The van der Waals surface area contributed by atoms with Gasteiger partial charge in [0.15, 0.2) is 9.55 Å². The molecule has 0 aliphatic heterocycles. The van der Waals surface area contributed by atoms with Gasteiger partial charge in [0.2, 0.25) is 6.69 Å². The van der Waals surface area contributed by atoms with Crippen LogP contribution in [0.2, 0.25) is 13.1 Å². The second-order valence-corrected chi connectivity index (χ2v) is 10.2. The van der Waals surface area contributed by atoms with Gasteiger partial charge in [-0.2, -0.15) is 11.1 Å². The SMILES string of the molecule is C[Si](C)(Cl)Cl.[Si]Cl. The average Bonchev–Trinajstić information content (AvgIpc) is 1.36. The molecule has 0 saturated heterocycles. The van der Waals surface area contributed by atoms with Gasteiger partial charge in [-0.1, -0.05) is 0 Å². The first kappa shape index (κ1) is 11.1. The summed E-state index contributed by atoms with van der Waals surface area (Å²) in [6.07, 6.45) is 0. The number of hydrogen-bond donors (Lipinski definition) is 0. The third-order valence-electron chi connectivity index (χ3n) is 0. The smallest absolute Gasteiger partial charge is 0.174 e. The highest BCUT2D eigenvalue weighted by molar-refractivity contribution is 7.44. The lowest BCUT2D eigenvalue weighted by molar-refractivity contribution is 2.06. The van der Waals surface area contributed by atoms with Crippen LogP contribution in [0.25, 0.3) is 0 Å². The van der Waals surface area contributed by atoms with E-state index >= 15 is 0 Å². The van der Waals surface area contributed by atoms with Crippen LogP contribution in [0.3, 0.4) is 0 Å². The topological polar surface area (TPSA) is 0 Å². The Morgan fingerprint density at radius 3 is 1.14 bits per heavy atom. The zero-order chi connectivity index (χ0) is 6.50. The normalized spacial score (nSPS) is 9.43. The van der Waals surface area contributed by atoms with Gasteiger partial charge in [0.1, 0.15) is 0 Å². The summed E-state index contributed by atoms with van der Waals surface area (Å²) in [5.74, 6) is 0. The van der Waals surface area contributed by atoms with Gasteiger partial charge in [0.05, 0.1) is 0 Å². The van der Waals surface area contributed by atoms with Crippen molar-refractivity contribution in [2.24, 2.45) is 0 Å². The molecule has 0 aliphatic rings. The van der Waals surface area contributed by atoms with Crippen LogP contribution in [0.15, 0.2) is 0 Å². The molecule has 0 spiro atoms. The summed E-state index contributed by atoms with van der Waals surface area (Å²) < 4.78 is 0. The molecule has 0 unspecified atom stereocenters. The zero-order valence-electron chi connectivity index (χ0n) is 4.13. The van der Waals surface area contributed by atoms with Crippen LogP contribution in [-0.2, 0) is 0 Å². The highest BCUT2D eigenvalue weighted by Gasteiger charge is 2.08. The molecule has 0 bridgehead atoms. The Balaban J connectivity index is 0. The van der Waals surface area contributed by atoms with Gasteiger partial charge in [0, 0.05) is 0 Å². The highest BCUT2D eigenvalue weighted by atomic mass is 35.7. The molecule has 0 amide bonds. The average molecular weight is 193 g/mol. The summed E-state index contributed by atoms with van der Waals surface area (Å²) in [6, 6.07) is 0. The van der Waals surface area contributed by atoms with Gasteiger partial charge in [-0.25, -0.2) is 0 Å². The van der Waals surface area contributed by atoms with Crippen molar-refractivity contribution >= 4 is 49.5 Å². The van der Waals surface area contributed by atoms with Crippen LogP contribution in [0.4, 0.5) is 0 Å². The molecule has 0 aromatic rings. The van der Waals surface area contributed by atoms with Crippen LogP contribution in [0.1, 0.15) is 0 Å². The number of rotatable bonds is 0. The van der Waals surface area contributed by atoms with Crippen LogP contribution in [-0.4, -0.2) is 16.2 Å². The molecule has 0 aromatic heterocycles. The minimum atomic E-state index is -1.67. The van der Waals surface area contributed by atoms with Crippen molar-refractivity contribution in [3.05, 3.63) is 0 Å². The monoisotopic (exact) mass is 191 g/mol. The molecule has 0 heterocycles. The largest absolute Gasteiger partial charge is 0.245 e. The molecule has 5 heteroatoms. The summed E-state index contributed by atoms with van der Waals surface area (Å²) in [5.41, 5.74) is 0. The Morgan fingerprint density at radius 1 is 1.14 bits per heavy atom. The zero-order valence-corrected chi connectivity index (χ0v) is 8.40. The molecule has 0 fully saturated rings. The second kappa shape index (κ2) is 5.44. The summed E-state index contributed by atoms with van der Waals surface area (Å²) in [6.45, 7) is 2.05. The molecule has 0 nitrogen and oxygen atoms in total. The van der Waals surface area contributed by atoms with E-state index in [1.807, 2.05) is 13.1 Å². The third kappa shape index (κ3) is 121. The summed E-state index contributed by atoms with van der Waals surface area (Å²) in [7, 11) is 2.44. The van der Waals surface area contributed by atoms with Crippen molar-refractivity contribution in [2.45, 2.75) is 13.1 Å². The van der Waals surface area contributed by atoms with Crippen molar-refractivity contribution < 1.29 is 0 Å². The first-order valence-corrected chi connectivity index (χ1v) is 8.10. The van der Waals surface area contributed by atoms with Crippen molar-refractivity contribution in [1.29, 1.82) is 0 Å².